The standard InChI is InChI=1S/C13H17F2NO2/c1-16(2)10-3-5-11(6-4-10)17-7-8-18-12-9-13(12,14)15/h3-6,12H,7-9H2,1-2H3. The minimum absolute atomic E-state index is 0.162. The molecule has 0 spiro atoms. The summed E-state index contributed by atoms with van der Waals surface area (Å²) < 4.78 is 35.4. The normalized spacial score (nSPS) is 20.6. The molecule has 0 N–H and O–H groups in total. The van der Waals surface area contributed by atoms with E-state index in [0.29, 0.717) is 5.75 Å². The predicted molar refractivity (Wildman–Crippen MR) is 65.6 cm³/mol. The first-order valence-electron chi connectivity index (χ1n) is 5.89. The minimum atomic E-state index is -2.62. The Morgan fingerprint density at radius 3 is 2.33 bits per heavy atom. The van der Waals surface area contributed by atoms with E-state index >= 15 is 0 Å². The molecule has 1 aromatic rings. The SMILES string of the molecule is CN(C)c1ccc(OCCOC2CC2(F)F)cc1. The Hall–Kier alpha value is -1.36. The van der Waals surface area contributed by atoms with Crippen molar-refractivity contribution in [1.82, 2.24) is 0 Å². The van der Waals surface area contributed by atoms with Gasteiger partial charge >= 0.3 is 0 Å². The van der Waals surface area contributed by atoms with Crippen molar-refractivity contribution in [3.8, 4) is 5.75 Å². The van der Waals surface area contributed by atoms with Crippen molar-refractivity contribution in [2.24, 2.45) is 0 Å². The van der Waals surface area contributed by atoms with Crippen LogP contribution < -0.4 is 9.64 Å². The van der Waals surface area contributed by atoms with E-state index in [1.807, 2.05) is 43.3 Å². The Labute approximate surface area is 105 Å². The second kappa shape index (κ2) is 5.10. The second-order valence-corrected chi connectivity index (χ2v) is 4.56. The van der Waals surface area contributed by atoms with Crippen molar-refractivity contribution in [2.45, 2.75) is 18.4 Å². The van der Waals surface area contributed by atoms with Gasteiger partial charge in [0.1, 0.15) is 18.5 Å². The summed E-state index contributed by atoms with van der Waals surface area (Å²) in [6.07, 6.45) is -1.07. The molecule has 0 aliphatic heterocycles. The van der Waals surface area contributed by atoms with Crippen molar-refractivity contribution in [3.63, 3.8) is 0 Å². The molecule has 0 heterocycles. The number of nitrogens with zero attached hydrogens (tertiary/aromatic N) is 1. The fourth-order valence-corrected chi connectivity index (χ4v) is 1.56. The molecule has 100 valence electrons. The smallest absolute Gasteiger partial charge is 0.276 e. The molecule has 0 aromatic heterocycles. The largest absolute Gasteiger partial charge is 0.491 e. The van der Waals surface area contributed by atoms with Crippen LogP contribution in [0, 0.1) is 0 Å². The summed E-state index contributed by atoms with van der Waals surface area (Å²) in [5.74, 6) is -1.90. The van der Waals surface area contributed by atoms with E-state index in [1.165, 1.54) is 0 Å². The summed E-state index contributed by atoms with van der Waals surface area (Å²) >= 11 is 0. The van der Waals surface area contributed by atoms with E-state index in [0.717, 1.165) is 5.69 Å². The van der Waals surface area contributed by atoms with E-state index in [1.54, 1.807) is 0 Å². The highest BCUT2D eigenvalue weighted by atomic mass is 19.3. The average Bonchev–Trinajstić information content (AvgIpc) is 2.93. The van der Waals surface area contributed by atoms with Gasteiger partial charge in [-0.2, -0.15) is 0 Å². The Morgan fingerprint density at radius 2 is 1.83 bits per heavy atom. The average molecular weight is 257 g/mol. The molecule has 1 fully saturated rings. The van der Waals surface area contributed by atoms with Crippen molar-refractivity contribution < 1.29 is 18.3 Å². The molecule has 1 aromatic carbocycles. The monoisotopic (exact) mass is 257 g/mol. The zero-order valence-electron chi connectivity index (χ0n) is 10.5. The molecule has 1 aliphatic rings. The Bertz CT molecular complexity index is 392. The molecular formula is C13H17F2NO2. The van der Waals surface area contributed by atoms with Crippen LogP contribution in [0.25, 0.3) is 0 Å². The van der Waals surface area contributed by atoms with Crippen molar-refractivity contribution in [3.05, 3.63) is 24.3 Å². The molecule has 5 heteroatoms. The lowest BCUT2D eigenvalue weighted by atomic mass is 10.3. The van der Waals surface area contributed by atoms with Crippen molar-refractivity contribution in [1.29, 1.82) is 0 Å². The number of halogens is 2. The van der Waals surface area contributed by atoms with Gasteiger partial charge < -0.3 is 14.4 Å². The zero-order valence-corrected chi connectivity index (χ0v) is 10.5. The third kappa shape index (κ3) is 3.32. The van der Waals surface area contributed by atoms with Gasteiger partial charge in [0, 0.05) is 26.2 Å². The van der Waals surface area contributed by atoms with Gasteiger partial charge in [0.05, 0.1) is 6.61 Å². The fourth-order valence-electron chi connectivity index (χ4n) is 1.56. The summed E-state index contributed by atoms with van der Waals surface area (Å²) in [6.45, 7) is 0.476. The predicted octanol–water partition coefficient (Wildman–Crippen LogP) is 2.56. The number of hydrogen-bond acceptors (Lipinski definition) is 3. The van der Waals surface area contributed by atoms with E-state index in [4.69, 9.17) is 9.47 Å². The van der Waals surface area contributed by atoms with Crippen LogP contribution in [0.5, 0.6) is 5.75 Å². The van der Waals surface area contributed by atoms with Crippen LogP contribution >= 0.6 is 0 Å². The first kappa shape index (κ1) is 13.1. The van der Waals surface area contributed by atoms with E-state index in [2.05, 4.69) is 0 Å². The topological polar surface area (TPSA) is 21.7 Å². The zero-order chi connectivity index (χ0) is 13.2. The number of benzene rings is 1. The Balaban J connectivity index is 1.67. The van der Waals surface area contributed by atoms with Crippen LogP contribution in [-0.4, -0.2) is 39.3 Å². The highest BCUT2D eigenvalue weighted by molar-refractivity contribution is 5.47. The van der Waals surface area contributed by atoms with Crippen LogP contribution in [0.4, 0.5) is 14.5 Å². The van der Waals surface area contributed by atoms with Crippen LogP contribution in [-0.2, 0) is 4.74 Å². The lowest BCUT2D eigenvalue weighted by molar-refractivity contribution is 0.00418. The molecular weight excluding hydrogens is 240 g/mol. The molecule has 0 amide bonds. The maximum Gasteiger partial charge on any atom is 0.276 e. The first-order valence-corrected chi connectivity index (χ1v) is 5.89. The van der Waals surface area contributed by atoms with Crippen LogP contribution in [0.3, 0.4) is 0 Å². The molecule has 1 saturated carbocycles. The molecule has 0 radical (unpaired) electrons. The number of hydrogen-bond donors (Lipinski definition) is 0. The maximum absolute atomic E-state index is 12.5. The number of rotatable bonds is 6. The lowest BCUT2D eigenvalue weighted by Crippen LogP contribution is -2.11. The lowest BCUT2D eigenvalue weighted by Gasteiger charge is -2.13. The summed E-state index contributed by atoms with van der Waals surface area (Å²) in [4.78, 5) is 1.99. The van der Waals surface area contributed by atoms with Gasteiger partial charge in [-0.15, -0.1) is 0 Å². The van der Waals surface area contributed by atoms with E-state index < -0.39 is 12.0 Å². The Kier molecular flexibility index (Phi) is 3.71. The third-order valence-corrected chi connectivity index (χ3v) is 2.79. The molecule has 2 rings (SSSR count). The first-order chi connectivity index (χ1) is 8.49. The fraction of sp³-hybridized carbons (Fsp3) is 0.538. The summed E-state index contributed by atoms with van der Waals surface area (Å²) in [7, 11) is 3.92. The van der Waals surface area contributed by atoms with Gasteiger partial charge in [0.2, 0.25) is 0 Å². The molecule has 0 bridgehead atoms. The van der Waals surface area contributed by atoms with Gasteiger partial charge in [-0.1, -0.05) is 0 Å². The quantitative estimate of drug-likeness (QED) is 0.731. The van der Waals surface area contributed by atoms with Gasteiger partial charge in [-0.25, -0.2) is 8.78 Å². The van der Waals surface area contributed by atoms with Crippen molar-refractivity contribution >= 4 is 5.69 Å². The molecule has 0 saturated heterocycles. The summed E-state index contributed by atoms with van der Waals surface area (Å²) in [6, 6.07) is 7.57. The summed E-state index contributed by atoms with van der Waals surface area (Å²) in [5, 5.41) is 0. The van der Waals surface area contributed by atoms with Crippen LogP contribution in [0.1, 0.15) is 6.42 Å². The number of ether oxygens (including phenoxy) is 2. The Morgan fingerprint density at radius 1 is 1.22 bits per heavy atom. The highest BCUT2D eigenvalue weighted by Crippen LogP contribution is 2.44. The van der Waals surface area contributed by atoms with E-state index in [9.17, 15) is 8.78 Å². The van der Waals surface area contributed by atoms with E-state index in [-0.39, 0.29) is 19.6 Å². The number of alkyl halides is 2. The second-order valence-electron chi connectivity index (χ2n) is 4.56. The third-order valence-electron chi connectivity index (χ3n) is 2.79. The highest BCUT2D eigenvalue weighted by Gasteiger charge is 2.58. The molecule has 18 heavy (non-hydrogen) atoms. The maximum atomic E-state index is 12.5. The molecule has 1 unspecified atom stereocenters. The van der Waals surface area contributed by atoms with Gasteiger partial charge in [0.25, 0.3) is 5.92 Å². The van der Waals surface area contributed by atoms with Crippen LogP contribution in [0.15, 0.2) is 24.3 Å². The van der Waals surface area contributed by atoms with Gasteiger partial charge in [-0.05, 0) is 24.3 Å². The minimum Gasteiger partial charge on any atom is -0.491 e. The van der Waals surface area contributed by atoms with Crippen molar-refractivity contribution in [2.75, 3.05) is 32.2 Å². The molecule has 1 aliphatic carbocycles. The summed E-state index contributed by atoms with van der Waals surface area (Å²) in [5.41, 5.74) is 1.08. The molecule has 3 nitrogen and oxygen atoms in total. The number of anilines is 1. The van der Waals surface area contributed by atoms with Gasteiger partial charge in [-0.3, -0.25) is 0 Å². The van der Waals surface area contributed by atoms with Crippen LogP contribution in [0.2, 0.25) is 0 Å². The molecule has 1 atom stereocenters. The van der Waals surface area contributed by atoms with Gasteiger partial charge in [0.15, 0.2) is 0 Å².